The van der Waals surface area contributed by atoms with Crippen molar-refractivity contribution in [3.05, 3.63) is 92.4 Å². The van der Waals surface area contributed by atoms with Crippen LogP contribution in [-0.2, 0) is 12.4 Å². The molecule has 0 aliphatic heterocycles. The van der Waals surface area contributed by atoms with Gasteiger partial charge in [0.25, 0.3) is 0 Å². The molecule has 0 atom stereocenters. The minimum Gasteiger partial charge on any atom is -0.278 e. The van der Waals surface area contributed by atoms with Gasteiger partial charge in [-0.15, -0.1) is 0 Å². The summed E-state index contributed by atoms with van der Waals surface area (Å²) in [6, 6.07) is 9.25. The van der Waals surface area contributed by atoms with Gasteiger partial charge >= 0.3 is 18.2 Å². The Bertz CT molecular complexity index is 2130. The molecule has 0 saturated carbocycles. The molecule has 0 aliphatic rings. The van der Waals surface area contributed by atoms with Crippen LogP contribution in [0.2, 0.25) is 0 Å². The molecule has 216 valence electrons. The normalized spacial score (nSPS) is 11.5. The molecule has 0 spiro atoms. The third kappa shape index (κ3) is 4.91. The number of rotatable bonds is 2. The van der Waals surface area contributed by atoms with E-state index in [9.17, 15) is 36.9 Å². The van der Waals surface area contributed by atoms with Crippen molar-refractivity contribution in [2.75, 3.05) is 0 Å². The standard InChI is InChI=1S/C28H12F6N10/c1-13-5-16(27(29,30)31)9-18(7-13)43-23(15(11-35)12-36)39-21-25(43)42-22-26(41-21)44(24(40-22)20(37-3)38-4)19-8-14(2)6-17(10-19)28(32,33)34/h5-10H,1-2H3. The lowest BCUT2D eigenvalue weighted by atomic mass is 10.1. The highest BCUT2D eigenvalue weighted by molar-refractivity contribution is 5.83. The molecule has 3 heterocycles. The maximum atomic E-state index is 13.7. The number of benzene rings is 2. The Morgan fingerprint density at radius 3 is 1.48 bits per heavy atom. The van der Waals surface area contributed by atoms with Crippen molar-refractivity contribution >= 4 is 34.0 Å². The quantitative estimate of drug-likeness (QED) is 0.209. The van der Waals surface area contributed by atoms with Crippen molar-refractivity contribution in [2.24, 2.45) is 0 Å². The summed E-state index contributed by atoms with van der Waals surface area (Å²) in [5, 5.41) is 19.1. The largest absolute Gasteiger partial charge is 0.562 e. The zero-order valence-electron chi connectivity index (χ0n) is 22.2. The van der Waals surface area contributed by atoms with E-state index < -0.39 is 40.4 Å². The van der Waals surface area contributed by atoms with Crippen LogP contribution in [0.5, 0.6) is 0 Å². The van der Waals surface area contributed by atoms with E-state index in [0.717, 1.165) is 33.4 Å². The van der Waals surface area contributed by atoms with Crippen LogP contribution in [0.3, 0.4) is 0 Å². The van der Waals surface area contributed by atoms with E-state index in [2.05, 4.69) is 29.6 Å². The van der Waals surface area contributed by atoms with Gasteiger partial charge in [-0.1, -0.05) is 0 Å². The molecule has 0 aliphatic carbocycles. The second-order valence-corrected chi connectivity index (χ2v) is 9.32. The fourth-order valence-corrected chi connectivity index (χ4v) is 4.52. The number of hydrogen-bond donors (Lipinski definition) is 0. The highest BCUT2D eigenvalue weighted by Gasteiger charge is 2.33. The van der Waals surface area contributed by atoms with Crippen molar-refractivity contribution < 1.29 is 26.3 Å². The topological polar surface area (TPSA) is 118 Å². The maximum absolute atomic E-state index is 13.7. The van der Waals surface area contributed by atoms with Gasteiger partial charge in [0.15, 0.2) is 28.0 Å². The maximum Gasteiger partial charge on any atom is 0.562 e. The Morgan fingerprint density at radius 2 is 1.09 bits per heavy atom. The number of halogens is 6. The third-order valence-electron chi connectivity index (χ3n) is 6.25. The number of imidazole rings is 2. The lowest BCUT2D eigenvalue weighted by Gasteiger charge is -2.12. The smallest absolute Gasteiger partial charge is 0.278 e. The third-order valence-corrected chi connectivity index (χ3v) is 6.25. The molecule has 0 amide bonds. The predicted octanol–water partition coefficient (Wildman–Crippen LogP) is 4.91. The first-order valence-corrected chi connectivity index (χ1v) is 12.1. The van der Waals surface area contributed by atoms with Gasteiger partial charge in [0.1, 0.15) is 25.3 Å². The fraction of sp³-hybridized carbons (Fsp3) is 0.143. The van der Waals surface area contributed by atoms with Gasteiger partial charge in [-0.05, 0) is 61.4 Å². The van der Waals surface area contributed by atoms with Crippen LogP contribution in [0.4, 0.5) is 26.3 Å². The first-order chi connectivity index (χ1) is 20.7. The van der Waals surface area contributed by atoms with Crippen molar-refractivity contribution in [3.8, 4) is 23.5 Å². The Labute approximate surface area is 242 Å². The molecule has 0 saturated heterocycles. The molecular formula is C28H12F6N10. The molecule has 5 aromatic rings. The Morgan fingerprint density at radius 1 is 0.682 bits per heavy atom. The van der Waals surface area contributed by atoms with Gasteiger partial charge in [-0.2, -0.15) is 46.6 Å². The molecule has 16 heteroatoms. The highest BCUT2D eigenvalue weighted by atomic mass is 19.4. The van der Waals surface area contributed by atoms with E-state index >= 15 is 0 Å². The van der Waals surface area contributed by atoms with E-state index in [1.54, 1.807) is 12.1 Å². The van der Waals surface area contributed by atoms with Crippen molar-refractivity contribution in [1.29, 1.82) is 10.5 Å². The minimum atomic E-state index is -4.75. The fourth-order valence-electron chi connectivity index (χ4n) is 4.52. The van der Waals surface area contributed by atoms with E-state index in [-0.39, 0.29) is 50.6 Å². The van der Waals surface area contributed by atoms with Crippen molar-refractivity contribution in [2.45, 2.75) is 26.2 Å². The average molecular weight is 602 g/mol. The zero-order chi connectivity index (χ0) is 32.1. The summed E-state index contributed by atoms with van der Waals surface area (Å²) in [6.07, 6.45) is -9.50. The number of aryl methyl sites for hydroxylation is 2. The predicted molar refractivity (Wildman–Crippen MR) is 141 cm³/mol. The lowest BCUT2D eigenvalue weighted by Crippen LogP contribution is -2.21. The monoisotopic (exact) mass is 602 g/mol. The van der Waals surface area contributed by atoms with E-state index in [0.29, 0.717) is 0 Å². The summed E-state index contributed by atoms with van der Waals surface area (Å²) in [5.74, 6) is -0.626. The summed E-state index contributed by atoms with van der Waals surface area (Å²) in [7, 11) is 0. The van der Waals surface area contributed by atoms with E-state index in [1.807, 2.05) is 0 Å². The van der Waals surface area contributed by atoms with Gasteiger partial charge in [0.2, 0.25) is 11.1 Å². The van der Waals surface area contributed by atoms with Crippen LogP contribution in [0.1, 0.15) is 22.3 Å². The molecular weight excluding hydrogens is 590 g/mol. The number of nitriles is 2. The van der Waals surface area contributed by atoms with Gasteiger partial charge < -0.3 is 0 Å². The molecule has 0 radical (unpaired) electrons. The number of nitrogens with zero attached hydrogens (tertiary/aromatic N) is 10. The Balaban J connectivity index is 1.98. The molecule has 44 heavy (non-hydrogen) atoms. The Hall–Kier alpha value is -6.26. The number of aromatic nitrogens is 6. The molecule has 3 aromatic heterocycles. The average Bonchev–Trinajstić information content (AvgIpc) is 3.49. The molecule has 2 aromatic carbocycles. The van der Waals surface area contributed by atoms with Crippen molar-refractivity contribution in [1.82, 2.24) is 29.1 Å². The minimum absolute atomic E-state index is 0.164. The highest BCUT2D eigenvalue weighted by Crippen LogP contribution is 2.33. The summed E-state index contributed by atoms with van der Waals surface area (Å²) in [4.78, 5) is 23.3. The summed E-state index contributed by atoms with van der Waals surface area (Å²) in [5.41, 5.74) is -4.55. The first-order valence-electron chi connectivity index (χ1n) is 12.1. The van der Waals surface area contributed by atoms with Crippen LogP contribution < -0.4 is 11.0 Å². The van der Waals surface area contributed by atoms with Gasteiger partial charge in [-0.25, -0.2) is 19.9 Å². The van der Waals surface area contributed by atoms with Crippen LogP contribution >= 0.6 is 0 Å². The summed E-state index contributed by atoms with van der Waals surface area (Å²) < 4.78 is 84.2. The van der Waals surface area contributed by atoms with Gasteiger partial charge in [-0.3, -0.25) is 9.13 Å². The number of alkyl halides is 6. The molecule has 0 fully saturated rings. The molecule has 0 unspecified atom stereocenters. The lowest BCUT2D eigenvalue weighted by molar-refractivity contribution is -0.138. The second-order valence-electron chi connectivity index (χ2n) is 9.32. The van der Waals surface area contributed by atoms with Gasteiger partial charge in [0.05, 0.1) is 16.8 Å². The summed E-state index contributed by atoms with van der Waals surface area (Å²) in [6.45, 7) is 17.6. The van der Waals surface area contributed by atoms with Crippen molar-refractivity contribution in [3.63, 3.8) is 0 Å². The molecule has 0 bridgehead atoms. The van der Waals surface area contributed by atoms with Crippen LogP contribution in [0.15, 0.2) is 36.4 Å². The molecule has 10 nitrogen and oxygen atoms in total. The van der Waals surface area contributed by atoms with Crippen LogP contribution in [-0.4, -0.2) is 29.1 Å². The van der Waals surface area contributed by atoms with E-state index in [1.165, 1.54) is 26.0 Å². The molecule has 0 N–H and O–H groups in total. The van der Waals surface area contributed by atoms with Gasteiger partial charge in [0, 0.05) is 5.69 Å². The van der Waals surface area contributed by atoms with Crippen LogP contribution in [0, 0.1) is 49.7 Å². The first kappa shape index (κ1) is 29.2. The molecule has 5 rings (SSSR count). The second kappa shape index (κ2) is 10.2. The number of hydrogen-bond acceptors (Lipinski definition) is 6. The SMILES string of the molecule is [C-]#[N+]C([N+]#[C-])=c1nc2nc3c(nc(=C(C#N)C#N)n3-c3cc(C)cc(C(F)(F)F)c3)nc2n1-c1cc(C)cc(C(F)(F)F)c1. The number of fused-ring (bicyclic) bond motifs is 2. The summed E-state index contributed by atoms with van der Waals surface area (Å²) >= 11 is 0. The van der Waals surface area contributed by atoms with Crippen LogP contribution in [0.25, 0.3) is 55.0 Å². The Kier molecular flexibility index (Phi) is 6.80. The zero-order valence-corrected chi connectivity index (χ0v) is 22.2. The van der Waals surface area contributed by atoms with E-state index in [4.69, 9.17) is 13.1 Å².